The highest BCUT2D eigenvalue weighted by Gasteiger charge is 2.21. The fourth-order valence-electron chi connectivity index (χ4n) is 1.89. The lowest BCUT2D eigenvalue weighted by atomic mass is 10.2. The van der Waals surface area contributed by atoms with Crippen LogP contribution in [-0.4, -0.2) is 47.7 Å². The largest absolute Gasteiger partial charge is 0.495 e. The molecule has 0 bridgehead atoms. The van der Waals surface area contributed by atoms with Gasteiger partial charge in [0.05, 0.1) is 13.7 Å². The summed E-state index contributed by atoms with van der Waals surface area (Å²) >= 11 is 0. The third-order valence-electron chi connectivity index (χ3n) is 2.84. The first kappa shape index (κ1) is 18.4. The van der Waals surface area contributed by atoms with Crippen molar-refractivity contribution in [1.29, 1.82) is 0 Å². The molecule has 1 aromatic rings. The lowest BCUT2D eigenvalue weighted by molar-refractivity contribution is 0.0905. The van der Waals surface area contributed by atoms with Crippen molar-refractivity contribution in [2.75, 3.05) is 27.4 Å². The van der Waals surface area contributed by atoms with Crippen LogP contribution in [0.1, 0.15) is 24.2 Å². The quantitative estimate of drug-likeness (QED) is 0.734. The summed E-state index contributed by atoms with van der Waals surface area (Å²) < 4.78 is 36.7. The van der Waals surface area contributed by atoms with Crippen LogP contribution in [0.5, 0.6) is 5.75 Å². The number of methoxy groups -OCH3 is 2. The number of carbonyl (C=O) groups is 1. The van der Waals surface area contributed by atoms with Crippen LogP contribution in [0.25, 0.3) is 0 Å². The third-order valence-corrected chi connectivity index (χ3v) is 4.41. The molecule has 0 aromatic heterocycles. The van der Waals surface area contributed by atoms with E-state index in [0.29, 0.717) is 6.61 Å². The number of carbonyl (C=O) groups excluding carboxylic acids is 1. The Kier molecular flexibility index (Phi) is 6.79. The molecule has 0 unspecified atom stereocenters. The van der Waals surface area contributed by atoms with Gasteiger partial charge in [0.25, 0.3) is 5.91 Å². The molecule has 7 nitrogen and oxygen atoms in total. The van der Waals surface area contributed by atoms with Crippen molar-refractivity contribution >= 4 is 15.9 Å². The number of nitrogens with one attached hydrogen (secondary N) is 2. The van der Waals surface area contributed by atoms with E-state index in [1.54, 1.807) is 13.8 Å². The maximum Gasteiger partial charge on any atom is 0.251 e. The van der Waals surface area contributed by atoms with Crippen molar-refractivity contribution in [3.63, 3.8) is 0 Å². The Bertz CT molecular complexity index is 616. The van der Waals surface area contributed by atoms with Gasteiger partial charge in [0.1, 0.15) is 10.6 Å². The van der Waals surface area contributed by atoms with Crippen LogP contribution < -0.4 is 14.8 Å². The van der Waals surface area contributed by atoms with Gasteiger partial charge in [0, 0.05) is 25.3 Å². The number of rotatable bonds is 8. The van der Waals surface area contributed by atoms with Crippen LogP contribution in [0.15, 0.2) is 23.1 Å². The minimum absolute atomic E-state index is 0.0658. The molecule has 1 atom stereocenters. The van der Waals surface area contributed by atoms with Crippen LogP contribution in [0, 0.1) is 0 Å². The zero-order valence-electron chi connectivity index (χ0n) is 13.2. The minimum atomic E-state index is -3.73. The molecule has 2 N–H and O–H groups in total. The van der Waals surface area contributed by atoms with Gasteiger partial charge >= 0.3 is 0 Å². The first-order valence-corrected chi connectivity index (χ1v) is 8.31. The molecule has 0 saturated heterocycles. The number of amides is 1. The van der Waals surface area contributed by atoms with Crippen molar-refractivity contribution in [1.82, 2.24) is 10.0 Å². The van der Waals surface area contributed by atoms with Crippen LogP contribution in [0.4, 0.5) is 0 Å². The number of sulfonamides is 1. The molecule has 1 amide bonds. The zero-order chi connectivity index (χ0) is 16.8. The molecule has 0 aliphatic heterocycles. The molecule has 1 rings (SSSR count). The van der Waals surface area contributed by atoms with Crippen LogP contribution in [0.2, 0.25) is 0 Å². The fourth-order valence-corrected chi connectivity index (χ4v) is 3.13. The summed E-state index contributed by atoms with van der Waals surface area (Å²) in [5, 5.41) is 2.73. The highest BCUT2D eigenvalue weighted by molar-refractivity contribution is 7.89. The van der Waals surface area contributed by atoms with Gasteiger partial charge in [0.2, 0.25) is 10.0 Å². The molecule has 0 aliphatic rings. The molecule has 0 saturated carbocycles. The lowest BCUT2D eigenvalue weighted by Gasteiger charge is -2.14. The van der Waals surface area contributed by atoms with Gasteiger partial charge < -0.3 is 14.8 Å². The predicted octanol–water partition coefficient (Wildman–Crippen LogP) is 0.758. The molecular formula is C14H22N2O5S. The minimum Gasteiger partial charge on any atom is -0.495 e. The van der Waals surface area contributed by atoms with E-state index in [0.717, 1.165) is 0 Å². The van der Waals surface area contributed by atoms with E-state index in [2.05, 4.69) is 10.0 Å². The lowest BCUT2D eigenvalue weighted by Crippen LogP contribution is -2.35. The second-order valence-electron chi connectivity index (χ2n) is 4.70. The van der Waals surface area contributed by atoms with E-state index < -0.39 is 10.0 Å². The molecule has 0 aliphatic carbocycles. The topological polar surface area (TPSA) is 93.7 Å². The van der Waals surface area contributed by atoms with Crippen molar-refractivity contribution in [3.05, 3.63) is 23.8 Å². The number of hydrogen-bond donors (Lipinski definition) is 2. The maximum atomic E-state index is 12.2. The van der Waals surface area contributed by atoms with Gasteiger partial charge in [-0.3, -0.25) is 4.79 Å². The molecule has 0 heterocycles. The average molecular weight is 330 g/mol. The molecule has 22 heavy (non-hydrogen) atoms. The van der Waals surface area contributed by atoms with Crippen LogP contribution in [0.3, 0.4) is 0 Å². The monoisotopic (exact) mass is 330 g/mol. The Hall–Kier alpha value is -1.64. The van der Waals surface area contributed by atoms with Gasteiger partial charge in [-0.05, 0) is 25.1 Å². The van der Waals surface area contributed by atoms with E-state index in [4.69, 9.17) is 9.47 Å². The normalized spacial score (nSPS) is 12.7. The average Bonchev–Trinajstić information content (AvgIpc) is 2.46. The Morgan fingerprint density at radius 1 is 1.32 bits per heavy atom. The summed E-state index contributed by atoms with van der Waals surface area (Å²) in [5.41, 5.74) is 0.236. The van der Waals surface area contributed by atoms with Gasteiger partial charge in [-0.25, -0.2) is 13.1 Å². The van der Waals surface area contributed by atoms with Gasteiger partial charge in [0.15, 0.2) is 0 Å². The molecule has 124 valence electrons. The predicted molar refractivity (Wildman–Crippen MR) is 82.7 cm³/mol. The smallest absolute Gasteiger partial charge is 0.251 e. The molecule has 8 heteroatoms. The van der Waals surface area contributed by atoms with Crippen molar-refractivity contribution in [2.45, 2.75) is 24.8 Å². The Balaban J connectivity index is 3.12. The fraction of sp³-hybridized carbons (Fsp3) is 0.500. The summed E-state index contributed by atoms with van der Waals surface area (Å²) in [4.78, 5) is 12.1. The summed E-state index contributed by atoms with van der Waals surface area (Å²) in [5.74, 6) is -0.192. The summed E-state index contributed by atoms with van der Waals surface area (Å²) in [6, 6.07) is 4.08. The number of hydrogen-bond acceptors (Lipinski definition) is 5. The Morgan fingerprint density at radius 2 is 2.00 bits per heavy atom. The van der Waals surface area contributed by atoms with E-state index in [-0.39, 0.29) is 34.7 Å². The Morgan fingerprint density at radius 3 is 2.55 bits per heavy atom. The number of benzene rings is 1. The summed E-state index contributed by atoms with van der Waals surface area (Å²) in [6.45, 7) is 4.07. The molecule has 1 aromatic carbocycles. The van der Waals surface area contributed by atoms with Gasteiger partial charge in [-0.2, -0.15) is 0 Å². The third kappa shape index (κ3) is 4.69. The van der Waals surface area contributed by atoms with Crippen molar-refractivity contribution in [2.24, 2.45) is 0 Å². The molecule has 0 fully saturated rings. The molecular weight excluding hydrogens is 308 g/mol. The van der Waals surface area contributed by atoms with Crippen LogP contribution >= 0.6 is 0 Å². The van der Waals surface area contributed by atoms with E-state index >= 15 is 0 Å². The highest BCUT2D eigenvalue weighted by atomic mass is 32.2. The zero-order valence-corrected chi connectivity index (χ0v) is 14.0. The standard InChI is InChI=1S/C14H22N2O5S/c1-5-15-22(18,19)13-8-11(6-7-12(13)21-4)14(17)16-10(2)9-20-3/h6-8,10,15H,5,9H2,1-4H3,(H,16,17)/t10-/m0/s1. The van der Waals surface area contributed by atoms with Crippen LogP contribution in [-0.2, 0) is 14.8 Å². The first-order chi connectivity index (χ1) is 10.4. The summed E-state index contributed by atoms with van der Waals surface area (Å²) in [6.07, 6.45) is 0. The van der Waals surface area contributed by atoms with Gasteiger partial charge in [-0.15, -0.1) is 0 Å². The SMILES string of the molecule is CCNS(=O)(=O)c1cc(C(=O)N[C@@H](C)COC)ccc1OC. The second-order valence-corrected chi connectivity index (χ2v) is 6.43. The molecule has 0 spiro atoms. The van der Waals surface area contributed by atoms with E-state index in [1.165, 1.54) is 32.4 Å². The highest BCUT2D eigenvalue weighted by Crippen LogP contribution is 2.24. The van der Waals surface area contributed by atoms with E-state index in [9.17, 15) is 13.2 Å². The summed E-state index contributed by atoms with van der Waals surface area (Å²) in [7, 11) is -0.813. The van der Waals surface area contributed by atoms with E-state index in [1.807, 2.05) is 0 Å². The van der Waals surface area contributed by atoms with Crippen molar-refractivity contribution in [3.8, 4) is 5.75 Å². The molecule has 0 radical (unpaired) electrons. The number of ether oxygens (including phenoxy) is 2. The Labute approximate surface area is 131 Å². The second kappa shape index (κ2) is 8.11. The van der Waals surface area contributed by atoms with Crippen molar-refractivity contribution < 1.29 is 22.7 Å². The first-order valence-electron chi connectivity index (χ1n) is 6.83. The van der Waals surface area contributed by atoms with Gasteiger partial charge in [-0.1, -0.05) is 6.92 Å². The maximum absolute atomic E-state index is 12.2.